The topological polar surface area (TPSA) is 45.1 Å². The van der Waals surface area contributed by atoms with Crippen LogP contribution >= 0.6 is 0 Å². The zero-order chi connectivity index (χ0) is 12.8. The number of nitrogens with one attached hydrogen (secondary N) is 1. The van der Waals surface area contributed by atoms with Crippen LogP contribution in [-0.4, -0.2) is 22.7 Å². The third-order valence-electron chi connectivity index (χ3n) is 2.89. The molecule has 1 heterocycles. The molecule has 1 rings (SSSR count). The molecule has 0 aliphatic heterocycles. The molecule has 4 heteroatoms. The van der Waals surface area contributed by atoms with Crippen molar-refractivity contribution in [1.82, 2.24) is 10.3 Å². The molecule has 3 nitrogen and oxygen atoms in total. The van der Waals surface area contributed by atoms with Crippen LogP contribution in [0.3, 0.4) is 0 Å². The van der Waals surface area contributed by atoms with Crippen molar-refractivity contribution in [3.8, 4) is 0 Å². The van der Waals surface area contributed by atoms with E-state index in [1.165, 1.54) is 12.3 Å². The summed E-state index contributed by atoms with van der Waals surface area (Å²) in [6.45, 7) is 6.64. The molecule has 96 valence electrons. The predicted octanol–water partition coefficient (Wildman–Crippen LogP) is 2.28. The van der Waals surface area contributed by atoms with Gasteiger partial charge in [0.05, 0.1) is 12.3 Å². The Morgan fingerprint density at radius 2 is 2.06 bits per heavy atom. The first-order chi connectivity index (χ1) is 8.00. The second-order valence-corrected chi connectivity index (χ2v) is 4.71. The largest absolute Gasteiger partial charge is 0.393 e. The lowest BCUT2D eigenvalue weighted by atomic mass is 10.0. The zero-order valence-electron chi connectivity index (χ0n) is 10.7. The molecule has 17 heavy (non-hydrogen) atoms. The fraction of sp³-hybridized carbons (Fsp3) is 0.615. The van der Waals surface area contributed by atoms with Gasteiger partial charge in [0.25, 0.3) is 0 Å². The normalized spacial score (nSPS) is 14.9. The van der Waals surface area contributed by atoms with Gasteiger partial charge in [0, 0.05) is 12.2 Å². The molecule has 0 saturated carbocycles. The van der Waals surface area contributed by atoms with Crippen LogP contribution in [0.25, 0.3) is 0 Å². The lowest BCUT2D eigenvalue weighted by molar-refractivity contribution is 0.115. The Hall–Kier alpha value is -1.00. The first-order valence-electron chi connectivity index (χ1n) is 6.02. The van der Waals surface area contributed by atoms with E-state index in [4.69, 9.17) is 0 Å². The van der Waals surface area contributed by atoms with E-state index < -0.39 is 0 Å². The Labute approximate surface area is 102 Å². The lowest BCUT2D eigenvalue weighted by Crippen LogP contribution is -2.25. The standard InChI is InChI=1S/C13H21FN2O/c1-9(2)13(17)4-5-16-10(3)11-6-12(14)8-15-7-11/h6-10,13,16-17H,4-5H2,1-3H3. The summed E-state index contributed by atoms with van der Waals surface area (Å²) in [5.41, 5.74) is 0.823. The van der Waals surface area contributed by atoms with Gasteiger partial charge in [-0.1, -0.05) is 13.8 Å². The van der Waals surface area contributed by atoms with Crippen LogP contribution in [0.2, 0.25) is 0 Å². The number of aliphatic hydroxyl groups is 1. The third kappa shape index (κ3) is 4.79. The van der Waals surface area contributed by atoms with Crippen molar-refractivity contribution in [3.05, 3.63) is 29.8 Å². The van der Waals surface area contributed by atoms with Crippen molar-refractivity contribution in [3.63, 3.8) is 0 Å². The number of hydrogen-bond acceptors (Lipinski definition) is 3. The molecule has 2 unspecified atom stereocenters. The molecule has 0 spiro atoms. The summed E-state index contributed by atoms with van der Waals surface area (Å²) < 4.78 is 13.0. The summed E-state index contributed by atoms with van der Waals surface area (Å²) in [6.07, 6.45) is 3.25. The van der Waals surface area contributed by atoms with Crippen LogP contribution in [0.15, 0.2) is 18.5 Å². The van der Waals surface area contributed by atoms with Crippen molar-refractivity contribution in [2.45, 2.75) is 39.3 Å². The maximum atomic E-state index is 13.0. The minimum absolute atomic E-state index is 0.0394. The molecule has 0 bridgehead atoms. The number of aliphatic hydroxyl groups excluding tert-OH is 1. The van der Waals surface area contributed by atoms with Gasteiger partial charge in [-0.05, 0) is 37.4 Å². The summed E-state index contributed by atoms with van der Waals surface area (Å²) in [4.78, 5) is 3.81. The van der Waals surface area contributed by atoms with E-state index in [9.17, 15) is 9.50 Å². The zero-order valence-corrected chi connectivity index (χ0v) is 10.7. The van der Waals surface area contributed by atoms with Crippen molar-refractivity contribution >= 4 is 0 Å². The van der Waals surface area contributed by atoms with Crippen LogP contribution in [0.5, 0.6) is 0 Å². The molecule has 1 aromatic rings. The summed E-state index contributed by atoms with van der Waals surface area (Å²) in [7, 11) is 0. The first-order valence-corrected chi connectivity index (χ1v) is 6.02. The predicted molar refractivity (Wildman–Crippen MR) is 66.1 cm³/mol. The van der Waals surface area contributed by atoms with Crippen molar-refractivity contribution in [2.75, 3.05) is 6.54 Å². The second-order valence-electron chi connectivity index (χ2n) is 4.71. The fourth-order valence-corrected chi connectivity index (χ4v) is 1.56. The molecule has 0 aliphatic carbocycles. The molecule has 0 aliphatic rings. The number of nitrogens with zero attached hydrogens (tertiary/aromatic N) is 1. The Morgan fingerprint density at radius 3 is 2.65 bits per heavy atom. The molecule has 1 aromatic heterocycles. The molecular weight excluding hydrogens is 219 g/mol. The highest BCUT2D eigenvalue weighted by Gasteiger charge is 2.10. The van der Waals surface area contributed by atoms with Crippen LogP contribution < -0.4 is 5.32 Å². The lowest BCUT2D eigenvalue weighted by Gasteiger charge is -2.17. The Kier molecular flexibility index (Phi) is 5.51. The molecule has 0 fully saturated rings. The van der Waals surface area contributed by atoms with Gasteiger partial charge in [0.2, 0.25) is 0 Å². The van der Waals surface area contributed by atoms with Crippen LogP contribution in [0, 0.1) is 11.7 Å². The summed E-state index contributed by atoms with van der Waals surface area (Å²) in [6, 6.07) is 1.52. The van der Waals surface area contributed by atoms with Gasteiger partial charge >= 0.3 is 0 Å². The minimum Gasteiger partial charge on any atom is -0.393 e. The summed E-state index contributed by atoms with van der Waals surface area (Å²) in [5, 5.41) is 12.9. The molecule has 2 N–H and O–H groups in total. The van der Waals surface area contributed by atoms with Crippen molar-refractivity contribution in [1.29, 1.82) is 0 Å². The molecule has 2 atom stereocenters. The molecule has 0 amide bonds. The Morgan fingerprint density at radius 1 is 1.35 bits per heavy atom. The van der Waals surface area contributed by atoms with E-state index in [0.29, 0.717) is 13.0 Å². The van der Waals surface area contributed by atoms with E-state index >= 15 is 0 Å². The molecule has 0 aromatic carbocycles. The molecule has 0 radical (unpaired) electrons. The average Bonchev–Trinajstić information content (AvgIpc) is 2.28. The van der Waals surface area contributed by atoms with Gasteiger partial charge in [0.1, 0.15) is 5.82 Å². The second kappa shape index (κ2) is 6.67. The van der Waals surface area contributed by atoms with Crippen LogP contribution in [0.4, 0.5) is 4.39 Å². The maximum Gasteiger partial charge on any atom is 0.141 e. The number of rotatable bonds is 6. The van der Waals surface area contributed by atoms with E-state index in [2.05, 4.69) is 10.3 Å². The van der Waals surface area contributed by atoms with Gasteiger partial charge in [-0.2, -0.15) is 0 Å². The third-order valence-corrected chi connectivity index (χ3v) is 2.89. The first kappa shape index (κ1) is 14.1. The number of hydrogen-bond donors (Lipinski definition) is 2. The van der Waals surface area contributed by atoms with Crippen molar-refractivity contribution < 1.29 is 9.50 Å². The van der Waals surface area contributed by atoms with Crippen LogP contribution in [-0.2, 0) is 0 Å². The quantitative estimate of drug-likeness (QED) is 0.802. The Bertz CT molecular complexity index is 344. The van der Waals surface area contributed by atoms with Gasteiger partial charge in [-0.25, -0.2) is 4.39 Å². The SMILES string of the molecule is CC(NCCC(O)C(C)C)c1cncc(F)c1. The molecule has 0 saturated heterocycles. The van der Waals surface area contributed by atoms with Gasteiger partial charge in [0.15, 0.2) is 0 Å². The van der Waals surface area contributed by atoms with Crippen LogP contribution in [0.1, 0.15) is 38.8 Å². The minimum atomic E-state index is -0.321. The number of aromatic nitrogens is 1. The van der Waals surface area contributed by atoms with Gasteiger partial charge in [-0.15, -0.1) is 0 Å². The van der Waals surface area contributed by atoms with E-state index in [1.807, 2.05) is 20.8 Å². The highest BCUT2D eigenvalue weighted by molar-refractivity contribution is 5.14. The van der Waals surface area contributed by atoms with Crippen molar-refractivity contribution in [2.24, 2.45) is 5.92 Å². The highest BCUT2D eigenvalue weighted by atomic mass is 19.1. The number of halogens is 1. The van der Waals surface area contributed by atoms with E-state index in [1.54, 1.807) is 6.20 Å². The van der Waals surface area contributed by atoms with Gasteiger partial charge in [-0.3, -0.25) is 4.98 Å². The fourth-order valence-electron chi connectivity index (χ4n) is 1.56. The monoisotopic (exact) mass is 240 g/mol. The summed E-state index contributed by atoms with van der Waals surface area (Å²) >= 11 is 0. The van der Waals surface area contributed by atoms with Gasteiger partial charge < -0.3 is 10.4 Å². The average molecular weight is 240 g/mol. The van der Waals surface area contributed by atoms with E-state index in [0.717, 1.165) is 5.56 Å². The maximum absolute atomic E-state index is 13.0. The number of pyridine rings is 1. The highest BCUT2D eigenvalue weighted by Crippen LogP contribution is 2.12. The molecular formula is C13H21FN2O. The Balaban J connectivity index is 2.37. The summed E-state index contributed by atoms with van der Waals surface area (Å²) in [5.74, 6) is -0.0543. The smallest absolute Gasteiger partial charge is 0.141 e. The van der Waals surface area contributed by atoms with E-state index in [-0.39, 0.29) is 23.9 Å².